The van der Waals surface area contributed by atoms with Gasteiger partial charge in [0, 0.05) is 5.56 Å². The van der Waals surface area contributed by atoms with Crippen LogP contribution in [0.1, 0.15) is 16.7 Å². The highest BCUT2D eigenvalue weighted by Gasteiger charge is 2.34. The molecule has 4 nitrogen and oxygen atoms in total. The van der Waals surface area contributed by atoms with E-state index < -0.39 is 36.0 Å². The summed E-state index contributed by atoms with van der Waals surface area (Å²) in [6.07, 6.45) is -5.44. The van der Waals surface area contributed by atoms with Crippen molar-refractivity contribution in [2.24, 2.45) is 0 Å². The van der Waals surface area contributed by atoms with Gasteiger partial charge in [-0.3, -0.25) is 5.32 Å². The van der Waals surface area contributed by atoms with Gasteiger partial charge in [-0.05, 0) is 31.2 Å². The third-order valence-corrected chi connectivity index (χ3v) is 3.35. The molecule has 0 atom stereocenters. The molecule has 2 rings (SSSR count). The molecule has 134 valence electrons. The van der Waals surface area contributed by atoms with Crippen molar-refractivity contribution in [3.05, 3.63) is 58.9 Å². The summed E-state index contributed by atoms with van der Waals surface area (Å²) in [6, 6.07) is 7.42. The quantitative estimate of drug-likeness (QED) is 0.791. The summed E-state index contributed by atoms with van der Waals surface area (Å²) in [6.45, 7) is 1.02. The fourth-order valence-corrected chi connectivity index (χ4v) is 2.12. The van der Waals surface area contributed by atoms with E-state index in [-0.39, 0.29) is 11.3 Å². The minimum atomic E-state index is -4.61. The number of rotatable bonds is 4. The normalized spacial score (nSPS) is 11.1. The van der Waals surface area contributed by atoms with Crippen LogP contribution in [-0.4, -0.2) is 13.2 Å². The zero-order valence-corrected chi connectivity index (χ0v) is 13.4. The van der Waals surface area contributed by atoms with Crippen molar-refractivity contribution in [2.75, 3.05) is 12.4 Å². The van der Waals surface area contributed by atoms with Crippen LogP contribution in [0.2, 0.25) is 0 Å². The summed E-state index contributed by atoms with van der Waals surface area (Å²) in [4.78, 5) is 11.3. The Morgan fingerprint density at radius 1 is 1.20 bits per heavy atom. The summed E-state index contributed by atoms with van der Waals surface area (Å²) in [7, 11) is 1.13. The number of nitrogens with one attached hydrogen (secondary N) is 1. The molecule has 0 unspecified atom stereocenters. The fraction of sp³-hybridized carbons (Fsp3) is 0.235. The average Bonchev–Trinajstić information content (AvgIpc) is 2.54. The Labute approximate surface area is 141 Å². The van der Waals surface area contributed by atoms with E-state index in [9.17, 15) is 22.4 Å². The number of amides is 1. The number of hydrogen-bond donors (Lipinski definition) is 1. The van der Waals surface area contributed by atoms with Gasteiger partial charge in [-0.25, -0.2) is 9.18 Å². The molecule has 0 saturated heterocycles. The minimum Gasteiger partial charge on any atom is -0.488 e. The van der Waals surface area contributed by atoms with E-state index in [4.69, 9.17) is 4.74 Å². The van der Waals surface area contributed by atoms with Gasteiger partial charge in [0.05, 0.1) is 18.4 Å². The molecule has 0 fully saturated rings. The first-order valence-corrected chi connectivity index (χ1v) is 7.15. The summed E-state index contributed by atoms with van der Waals surface area (Å²) in [5, 5.41) is 2.29. The maximum Gasteiger partial charge on any atom is 0.419 e. The molecule has 0 saturated carbocycles. The van der Waals surface area contributed by atoms with Gasteiger partial charge in [0.2, 0.25) is 0 Å². The minimum absolute atomic E-state index is 0.0486. The van der Waals surface area contributed by atoms with E-state index in [1.54, 1.807) is 0 Å². The molecule has 0 aromatic heterocycles. The molecule has 0 aliphatic carbocycles. The average molecular weight is 357 g/mol. The second-order valence-corrected chi connectivity index (χ2v) is 5.17. The molecule has 1 amide bonds. The number of ether oxygens (including phenoxy) is 2. The van der Waals surface area contributed by atoms with Gasteiger partial charge in [-0.1, -0.05) is 17.7 Å². The first kappa shape index (κ1) is 18.6. The largest absolute Gasteiger partial charge is 0.488 e. The SMILES string of the molecule is COC(=O)Nc1cccc(F)c1COc1ccc(C)cc1C(F)(F)F. The number of anilines is 1. The second kappa shape index (κ2) is 7.42. The summed E-state index contributed by atoms with van der Waals surface area (Å²) < 4.78 is 62.9. The number of benzene rings is 2. The Kier molecular flexibility index (Phi) is 5.51. The predicted octanol–water partition coefficient (Wildman–Crippen LogP) is 4.91. The highest BCUT2D eigenvalue weighted by molar-refractivity contribution is 5.85. The van der Waals surface area contributed by atoms with E-state index >= 15 is 0 Å². The van der Waals surface area contributed by atoms with E-state index in [2.05, 4.69) is 10.1 Å². The number of halogens is 4. The Morgan fingerprint density at radius 2 is 1.92 bits per heavy atom. The van der Waals surface area contributed by atoms with Gasteiger partial charge < -0.3 is 9.47 Å². The van der Waals surface area contributed by atoms with Crippen LogP contribution in [0.25, 0.3) is 0 Å². The molecule has 0 aliphatic heterocycles. The molecule has 0 radical (unpaired) electrons. The highest BCUT2D eigenvalue weighted by atomic mass is 19.4. The number of hydrogen-bond acceptors (Lipinski definition) is 3. The van der Waals surface area contributed by atoms with Crippen molar-refractivity contribution >= 4 is 11.8 Å². The van der Waals surface area contributed by atoms with Crippen LogP contribution < -0.4 is 10.1 Å². The van der Waals surface area contributed by atoms with Crippen LogP contribution in [0.5, 0.6) is 5.75 Å². The van der Waals surface area contributed by atoms with E-state index in [0.717, 1.165) is 19.2 Å². The van der Waals surface area contributed by atoms with Gasteiger partial charge in [0.15, 0.2) is 0 Å². The highest BCUT2D eigenvalue weighted by Crippen LogP contribution is 2.37. The molecule has 1 N–H and O–H groups in total. The second-order valence-electron chi connectivity index (χ2n) is 5.17. The number of alkyl halides is 3. The maximum atomic E-state index is 14.0. The van der Waals surface area contributed by atoms with Crippen LogP contribution in [0, 0.1) is 12.7 Å². The lowest BCUT2D eigenvalue weighted by Crippen LogP contribution is -2.15. The number of methoxy groups -OCH3 is 1. The molecule has 0 heterocycles. The van der Waals surface area contributed by atoms with Crippen molar-refractivity contribution in [3.8, 4) is 5.75 Å². The van der Waals surface area contributed by atoms with Gasteiger partial charge in [-0.15, -0.1) is 0 Å². The van der Waals surface area contributed by atoms with Crippen molar-refractivity contribution < 1.29 is 31.8 Å². The standard InChI is InChI=1S/C17H15F4NO3/c1-10-6-7-15(12(8-10)17(19,20)21)25-9-11-13(18)4-3-5-14(11)22-16(23)24-2/h3-8H,9H2,1-2H3,(H,22,23). The molecule has 2 aromatic carbocycles. The summed E-state index contributed by atoms with van der Waals surface area (Å²) >= 11 is 0. The van der Waals surface area contributed by atoms with Crippen LogP contribution in [0.3, 0.4) is 0 Å². The van der Waals surface area contributed by atoms with Crippen LogP contribution in [-0.2, 0) is 17.5 Å². The van der Waals surface area contributed by atoms with Gasteiger partial charge >= 0.3 is 12.3 Å². The van der Waals surface area contributed by atoms with E-state index in [0.29, 0.717) is 5.56 Å². The van der Waals surface area contributed by atoms with Crippen molar-refractivity contribution in [2.45, 2.75) is 19.7 Å². The molecule has 2 aromatic rings. The van der Waals surface area contributed by atoms with E-state index in [1.165, 1.54) is 31.2 Å². The monoisotopic (exact) mass is 357 g/mol. The first-order valence-electron chi connectivity index (χ1n) is 7.15. The number of carbonyl (C=O) groups is 1. The Morgan fingerprint density at radius 3 is 2.56 bits per heavy atom. The fourth-order valence-electron chi connectivity index (χ4n) is 2.12. The third kappa shape index (κ3) is 4.62. The van der Waals surface area contributed by atoms with Crippen molar-refractivity contribution in [1.82, 2.24) is 0 Å². The molecule has 0 aliphatic rings. The zero-order valence-electron chi connectivity index (χ0n) is 13.4. The van der Waals surface area contributed by atoms with Gasteiger partial charge in [0.1, 0.15) is 18.2 Å². The maximum absolute atomic E-state index is 14.0. The number of aryl methyl sites for hydroxylation is 1. The first-order chi connectivity index (χ1) is 11.7. The molecule has 0 spiro atoms. The third-order valence-electron chi connectivity index (χ3n) is 3.35. The lowest BCUT2D eigenvalue weighted by atomic mass is 10.1. The molecule has 0 bridgehead atoms. The van der Waals surface area contributed by atoms with Crippen molar-refractivity contribution in [3.63, 3.8) is 0 Å². The molecule has 25 heavy (non-hydrogen) atoms. The lowest BCUT2D eigenvalue weighted by molar-refractivity contribution is -0.139. The summed E-state index contributed by atoms with van der Waals surface area (Å²) in [5.74, 6) is -1.15. The smallest absolute Gasteiger partial charge is 0.419 e. The van der Waals surface area contributed by atoms with Gasteiger partial charge in [-0.2, -0.15) is 13.2 Å². The van der Waals surface area contributed by atoms with Crippen LogP contribution >= 0.6 is 0 Å². The molecule has 8 heteroatoms. The van der Waals surface area contributed by atoms with Crippen molar-refractivity contribution in [1.29, 1.82) is 0 Å². The van der Waals surface area contributed by atoms with E-state index in [1.807, 2.05) is 0 Å². The Bertz CT molecular complexity index is 775. The van der Waals surface area contributed by atoms with Crippen LogP contribution in [0.4, 0.5) is 28.0 Å². The predicted molar refractivity (Wildman–Crippen MR) is 82.9 cm³/mol. The topological polar surface area (TPSA) is 47.6 Å². The van der Waals surface area contributed by atoms with Gasteiger partial charge in [0.25, 0.3) is 0 Å². The molecular formula is C17H15F4NO3. The number of carbonyl (C=O) groups excluding carboxylic acids is 1. The summed E-state index contributed by atoms with van der Waals surface area (Å²) in [5.41, 5.74) is -0.584. The Hall–Kier alpha value is -2.77. The lowest BCUT2D eigenvalue weighted by Gasteiger charge is -2.16. The van der Waals surface area contributed by atoms with Crippen LogP contribution in [0.15, 0.2) is 36.4 Å². The Balaban J connectivity index is 2.29. The zero-order chi connectivity index (χ0) is 18.6. The molecular weight excluding hydrogens is 342 g/mol.